The molecule has 0 aliphatic heterocycles. The molecule has 2 nitrogen and oxygen atoms in total. The predicted octanol–water partition coefficient (Wildman–Crippen LogP) is 5.32. The molecule has 2 aromatic carbocycles. The summed E-state index contributed by atoms with van der Waals surface area (Å²) in [5.74, 6) is 0. The van der Waals surface area contributed by atoms with Crippen LogP contribution in [0.4, 0.5) is 0 Å². The zero-order valence-corrected chi connectivity index (χ0v) is 13.2. The molecule has 2 aromatic rings. The molecule has 20 heavy (non-hydrogen) atoms. The minimum absolute atomic E-state index is 0.399. The summed E-state index contributed by atoms with van der Waals surface area (Å²) >= 11 is 10.9. The Balaban J connectivity index is 0.000000612. The van der Waals surface area contributed by atoms with Crippen LogP contribution in [0.15, 0.2) is 30.3 Å². The molecule has 0 aliphatic carbocycles. The molecule has 0 amide bonds. The fraction of sp³-hybridized carbons (Fsp3) is 0.250. The molecule has 106 valence electrons. The van der Waals surface area contributed by atoms with Gasteiger partial charge in [-0.2, -0.15) is 0 Å². The van der Waals surface area contributed by atoms with Crippen LogP contribution in [0.5, 0.6) is 0 Å². The van der Waals surface area contributed by atoms with Gasteiger partial charge in [-0.05, 0) is 64.7 Å². The second kappa shape index (κ2) is 7.41. The van der Waals surface area contributed by atoms with Crippen molar-refractivity contribution in [1.29, 1.82) is 0 Å². The molecule has 0 radical (unpaired) electrons. The quantitative estimate of drug-likeness (QED) is 0.703. The number of fused-ring (bicyclic) bond motifs is 1. The first-order chi connectivity index (χ1) is 9.40. The van der Waals surface area contributed by atoms with E-state index in [1.807, 2.05) is 13.0 Å². The van der Waals surface area contributed by atoms with Crippen molar-refractivity contribution in [2.75, 3.05) is 0 Å². The summed E-state index contributed by atoms with van der Waals surface area (Å²) in [7, 11) is 0. The first-order valence-electron chi connectivity index (χ1n) is 6.34. The lowest BCUT2D eigenvalue weighted by molar-refractivity contribution is 0.107. The third kappa shape index (κ3) is 4.06. The van der Waals surface area contributed by atoms with E-state index in [0.29, 0.717) is 11.1 Å². The van der Waals surface area contributed by atoms with Gasteiger partial charge in [-0.25, -0.2) is 0 Å². The van der Waals surface area contributed by atoms with E-state index in [9.17, 15) is 9.59 Å². The number of hydrogen-bond acceptors (Lipinski definition) is 2. The fourth-order valence-corrected chi connectivity index (χ4v) is 2.07. The lowest BCUT2D eigenvalue weighted by Gasteiger charge is -2.05. The Hall–Kier alpha value is -1.38. The van der Waals surface area contributed by atoms with Gasteiger partial charge in [0, 0.05) is 11.1 Å². The summed E-state index contributed by atoms with van der Waals surface area (Å²) in [6.45, 7) is 6.07. The van der Waals surface area contributed by atoms with Crippen molar-refractivity contribution in [1.82, 2.24) is 0 Å². The third-order valence-electron chi connectivity index (χ3n) is 2.62. The largest absolute Gasteiger partial charge is 0.276 e. The Morgan fingerprint density at radius 2 is 1.55 bits per heavy atom. The molecule has 0 aromatic heterocycles. The van der Waals surface area contributed by atoms with E-state index in [4.69, 9.17) is 23.2 Å². The first kappa shape index (κ1) is 16.7. The van der Waals surface area contributed by atoms with Gasteiger partial charge in [0.1, 0.15) is 0 Å². The van der Waals surface area contributed by atoms with Gasteiger partial charge in [0.2, 0.25) is 0 Å². The monoisotopic (exact) mass is 310 g/mol. The van der Waals surface area contributed by atoms with Gasteiger partial charge in [0.05, 0.1) is 0 Å². The number of halogens is 2. The highest BCUT2D eigenvalue weighted by Crippen LogP contribution is 2.23. The lowest BCUT2D eigenvalue weighted by atomic mass is 10.0. The Bertz CT molecular complexity index is 648. The van der Waals surface area contributed by atoms with Crippen LogP contribution in [0.1, 0.15) is 46.5 Å². The number of carbonyl (C=O) groups is 2. The molecular formula is C16H16Cl2O2. The summed E-state index contributed by atoms with van der Waals surface area (Å²) in [6, 6.07) is 8.62. The minimum Gasteiger partial charge on any atom is -0.276 e. The molecule has 2 rings (SSSR count). The van der Waals surface area contributed by atoms with Crippen LogP contribution in [0.3, 0.4) is 0 Å². The molecule has 0 fully saturated rings. The highest BCUT2D eigenvalue weighted by atomic mass is 35.5. The maximum atomic E-state index is 11.2. The Morgan fingerprint density at radius 3 is 2.05 bits per heavy atom. The van der Waals surface area contributed by atoms with E-state index in [0.717, 1.165) is 16.3 Å². The van der Waals surface area contributed by atoms with Crippen LogP contribution in [0.2, 0.25) is 0 Å². The predicted molar refractivity (Wildman–Crippen MR) is 85.0 cm³/mol. The van der Waals surface area contributed by atoms with Gasteiger partial charge in [-0.3, -0.25) is 9.59 Å². The molecule has 0 unspecified atom stereocenters. The van der Waals surface area contributed by atoms with E-state index in [-0.39, 0.29) is 0 Å². The zero-order valence-electron chi connectivity index (χ0n) is 11.7. The summed E-state index contributed by atoms with van der Waals surface area (Å²) in [6.07, 6.45) is 1.25. The molecular weight excluding hydrogens is 295 g/mol. The van der Waals surface area contributed by atoms with Crippen LogP contribution in [-0.4, -0.2) is 10.5 Å². The standard InChI is InChI=1S/C13H8Cl2O2.C3H8/c1-7-4-8-2-3-9(12(14)16)5-10(8)6-11(7)13(15)17;1-3-2/h2-6H,1H3;3H2,1-2H3. The van der Waals surface area contributed by atoms with Crippen molar-refractivity contribution in [3.05, 3.63) is 47.0 Å². The van der Waals surface area contributed by atoms with Gasteiger partial charge in [-0.1, -0.05) is 32.4 Å². The normalized spacial score (nSPS) is 9.85. The van der Waals surface area contributed by atoms with Gasteiger partial charge < -0.3 is 0 Å². The molecule has 0 bridgehead atoms. The van der Waals surface area contributed by atoms with Crippen LogP contribution >= 0.6 is 23.2 Å². The van der Waals surface area contributed by atoms with Crippen molar-refractivity contribution in [3.63, 3.8) is 0 Å². The number of hydrogen-bond donors (Lipinski definition) is 0. The third-order valence-corrected chi connectivity index (χ3v) is 3.04. The van der Waals surface area contributed by atoms with Gasteiger partial charge >= 0.3 is 0 Å². The molecule has 0 saturated carbocycles. The van der Waals surface area contributed by atoms with Crippen molar-refractivity contribution in [2.45, 2.75) is 27.2 Å². The second-order valence-electron chi connectivity index (χ2n) is 4.48. The number of aryl methyl sites for hydroxylation is 1. The summed E-state index contributed by atoms with van der Waals surface area (Å²) in [4.78, 5) is 22.2. The Kier molecular flexibility index (Phi) is 6.18. The maximum Gasteiger partial charge on any atom is 0.252 e. The molecule has 0 atom stereocenters. The van der Waals surface area contributed by atoms with Crippen molar-refractivity contribution in [2.24, 2.45) is 0 Å². The SMILES string of the molecule is CCC.Cc1cc2ccc(C(=O)Cl)cc2cc1C(=O)Cl. The average molecular weight is 311 g/mol. The molecule has 0 heterocycles. The van der Waals surface area contributed by atoms with Crippen molar-refractivity contribution in [3.8, 4) is 0 Å². The number of benzene rings is 2. The van der Waals surface area contributed by atoms with E-state index < -0.39 is 10.5 Å². The van der Waals surface area contributed by atoms with Crippen LogP contribution in [-0.2, 0) is 0 Å². The van der Waals surface area contributed by atoms with Gasteiger partial charge in [0.25, 0.3) is 10.5 Å². The van der Waals surface area contributed by atoms with E-state index in [1.165, 1.54) is 6.42 Å². The summed E-state index contributed by atoms with van der Waals surface area (Å²) in [5, 5.41) is 0.676. The number of rotatable bonds is 2. The van der Waals surface area contributed by atoms with E-state index in [1.54, 1.807) is 24.3 Å². The minimum atomic E-state index is -0.522. The molecule has 4 heteroatoms. The summed E-state index contributed by atoms with van der Waals surface area (Å²) in [5.41, 5.74) is 1.65. The number of carbonyl (C=O) groups excluding carboxylic acids is 2. The topological polar surface area (TPSA) is 34.1 Å². The fourth-order valence-electron chi connectivity index (χ4n) is 1.75. The van der Waals surface area contributed by atoms with Crippen molar-refractivity contribution < 1.29 is 9.59 Å². The molecule has 0 spiro atoms. The van der Waals surface area contributed by atoms with Gasteiger partial charge in [0.15, 0.2) is 0 Å². The summed E-state index contributed by atoms with van der Waals surface area (Å²) < 4.78 is 0. The van der Waals surface area contributed by atoms with Crippen LogP contribution in [0, 0.1) is 6.92 Å². The zero-order chi connectivity index (χ0) is 15.3. The lowest BCUT2D eigenvalue weighted by Crippen LogP contribution is -1.94. The first-order valence-corrected chi connectivity index (χ1v) is 7.10. The van der Waals surface area contributed by atoms with Gasteiger partial charge in [-0.15, -0.1) is 0 Å². The Morgan fingerprint density at radius 1 is 0.950 bits per heavy atom. The smallest absolute Gasteiger partial charge is 0.252 e. The molecule has 0 N–H and O–H groups in total. The van der Waals surface area contributed by atoms with Crippen LogP contribution < -0.4 is 0 Å². The van der Waals surface area contributed by atoms with E-state index in [2.05, 4.69) is 13.8 Å². The van der Waals surface area contributed by atoms with Crippen molar-refractivity contribution >= 4 is 44.5 Å². The highest BCUT2D eigenvalue weighted by molar-refractivity contribution is 6.68. The average Bonchev–Trinajstić information content (AvgIpc) is 2.37. The molecule has 0 saturated heterocycles. The van der Waals surface area contributed by atoms with E-state index >= 15 is 0 Å². The maximum absolute atomic E-state index is 11.2. The Labute approximate surface area is 128 Å². The van der Waals surface area contributed by atoms with Crippen LogP contribution in [0.25, 0.3) is 10.8 Å². The second-order valence-corrected chi connectivity index (χ2v) is 5.17. The molecule has 0 aliphatic rings. The highest BCUT2D eigenvalue weighted by Gasteiger charge is 2.09.